The third-order valence-electron chi connectivity index (χ3n) is 4.55. The molecule has 1 aromatic rings. The zero-order valence-corrected chi connectivity index (χ0v) is 15.3. The Morgan fingerprint density at radius 3 is 3.00 bits per heavy atom. The molecule has 23 heavy (non-hydrogen) atoms. The van der Waals surface area contributed by atoms with Crippen LogP contribution in [0.15, 0.2) is 33.7 Å². The van der Waals surface area contributed by atoms with Crippen LogP contribution in [0.1, 0.15) is 38.2 Å². The summed E-state index contributed by atoms with van der Waals surface area (Å²) in [4.78, 5) is 4.73. The summed E-state index contributed by atoms with van der Waals surface area (Å²) in [6.45, 7) is 3.83. The van der Waals surface area contributed by atoms with Crippen molar-refractivity contribution in [3.8, 4) is 0 Å². The molecule has 0 radical (unpaired) electrons. The van der Waals surface area contributed by atoms with Crippen molar-refractivity contribution in [1.82, 2.24) is 10.6 Å². The van der Waals surface area contributed by atoms with Gasteiger partial charge in [0.05, 0.1) is 18.2 Å². The van der Waals surface area contributed by atoms with Gasteiger partial charge in [0, 0.05) is 17.6 Å². The van der Waals surface area contributed by atoms with E-state index in [1.807, 2.05) is 0 Å². The van der Waals surface area contributed by atoms with E-state index >= 15 is 0 Å². The molecular formula is C18H26BrN3O. The summed E-state index contributed by atoms with van der Waals surface area (Å²) in [5.41, 5.74) is 1.36. The molecule has 4 nitrogen and oxygen atoms in total. The van der Waals surface area contributed by atoms with Crippen LogP contribution in [0, 0.1) is 0 Å². The van der Waals surface area contributed by atoms with Crippen molar-refractivity contribution in [2.75, 3.05) is 13.1 Å². The molecule has 5 heteroatoms. The lowest BCUT2D eigenvalue weighted by Crippen LogP contribution is -2.47. The quantitative estimate of drug-likeness (QED) is 0.453. The molecule has 3 rings (SSSR count). The average molecular weight is 380 g/mol. The summed E-state index contributed by atoms with van der Waals surface area (Å²) in [6, 6.07) is 8.93. The van der Waals surface area contributed by atoms with E-state index in [4.69, 9.17) is 9.73 Å². The molecule has 126 valence electrons. The van der Waals surface area contributed by atoms with Crippen LogP contribution in [0.2, 0.25) is 0 Å². The maximum atomic E-state index is 5.91. The van der Waals surface area contributed by atoms with Gasteiger partial charge in [-0.3, -0.25) is 4.99 Å². The Labute approximate surface area is 147 Å². The Morgan fingerprint density at radius 1 is 1.39 bits per heavy atom. The van der Waals surface area contributed by atoms with Gasteiger partial charge in [-0.2, -0.15) is 0 Å². The maximum Gasteiger partial charge on any atom is 0.191 e. The monoisotopic (exact) mass is 379 g/mol. The zero-order chi connectivity index (χ0) is 16.1. The van der Waals surface area contributed by atoms with Crippen molar-refractivity contribution in [2.45, 2.75) is 57.3 Å². The van der Waals surface area contributed by atoms with E-state index in [2.05, 4.69) is 57.8 Å². The van der Waals surface area contributed by atoms with Gasteiger partial charge in [0.15, 0.2) is 5.96 Å². The number of ether oxygens (including phenoxy) is 1. The molecule has 0 amide bonds. The largest absolute Gasteiger partial charge is 0.373 e. The number of guanidine groups is 1. The van der Waals surface area contributed by atoms with Gasteiger partial charge in [0.2, 0.25) is 0 Å². The van der Waals surface area contributed by atoms with Crippen LogP contribution in [0.25, 0.3) is 0 Å². The molecule has 2 heterocycles. The van der Waals surface area contributed by atoms with Crippen LogP contribution >= 0.6 is 15.9 Å². The standard InChI is InChI=1S/C18H26BrN3O/c1-2-20-18(22-16-12-15-8-9-17(16)23-15)21-10-4-6-13-5-3-7-14(19)11-13/h3,5,7,11,15-17H,2,4,6,8-10,12H2,1H3,(H2,20,21,22). The first-order valence-corrected chi connectivity index (χ1v) is 9.48. The van der Waals surface area contributed by atoms with Crippen LogP contribution in [-0.4, -0.2) is 37.3 Å². The Morgan fingerprint density at radius 2 is 2.30 bits per heavy atom. The lowest BCUT2D eigenvalue weighted by Gasteiger charge is -2.22. The smallest absolute Gasteiger partial charge is 0.191 e. The molecule has 2 bridgehead atoms. The topological polar surface area (TPSA) is 45.7 Å². The molecule has 0 saturated carbocycles. The number of hydrogen-bond acceptors (Lipinski definition) is 2. The second-order valence-corrected chi connectivity index (χ2v) is 7.27. The Hall–Kier alpha value is -1.07. The first kappa shape index (κ1) is 16.8. The van der Waals surface area contributed by atoms with E-state index in [0.717, 1.165) is 42.8 Å². The second-order valence-electron chi connectivity index (χ2n) is 6.35. The van der Waals surface area contributed by atoms with Gasteiger partial charge < -0.3 is 15.4 Å². The summed E-state index contributed by atoms with van der Waals surface area (Å²) in [5.74, 6) is 0.933. The number of nitrogens with one attached hydrogen (secondary N) is 2. The molecule has 2 fully saturated rings. The van der Waals surface area contributed by atoms with E-state index in [1.54, 1.807) is 0 Å². The molecule has 2 aliphatic rings. The minimum Gasteiger partial charge on any atom is -0.373 e. The van der Waals surface area contributed by atoms with Gasteiger partial charge in [-0.05, 0) is 56.7 Å². The lowest BCUT2D eigenvalue weighted by molar-refractivity contribution is 0.0992. The highest BCUT2D eigenvalue weighted by molar-refractivity contribution is 9.10. The number of aryl methyl sites for hydroxylation is 1. The minimum atomic E-state index is 0.380. The third kappa shape index (κ3) is 4.70. The molecule has 3 unspecified atom stereocenters. The fraction of sp³-hybridized carbons (Fsp3) is 0.611. The number of rotatable bonds is 6. The van der Waals surface area contributed by atoms with Gasteiger partial charge in [0.25, 0.3) is 0 Å². The predicted molar refractivity (Wildman–Crippen MR) is 97.9 cm³/mol. The van der Waals surface area contributed by atoms with Crippen LogP contribution in [0.4, 0.5) is 0 Å². The molecule has 1 aromatic carbocycles. The first-order valence-electron chi connectivity index (χ1n) is 8.69. The van der Waals surface area contributed by atoms with Crippen molar-refractivity contribution < 1.29 is 4.74 Å². The Balaban J connectivity index is 1.46. The van der Waals surface area contributed by atoms with E-state index < -0.39 is 0 Å². The number of hydrogen-bond donors (Lipinski definition) is 2. The number of benzene rings is 1. The van der Waals surface area contributed by atoms with E-state index in [1.165, 1.54) is 18.4 Å². The number of nitrogens with zero attached hydrogens (tertiary/aromatic N) is 1. The highest BCUT2D eigenvalue weighted by Gasteiger charge is 2.41. The van der Waals surface area contributed by atoms with E-state index in [0.29, 0.717) is 18.2 Å². The summed E-state index contributed by atoms with van der Waals surface area (Å²) in [5, 5.41) is 6.92. The molecule has 0 aromatic heterocycles. The SMILES string of the molecule is CCNC(=NCCCc1cccc(Br)c1)NC1CC2CCC1O2. The Kier molecular flexibility index (Phi) is 5.95. The van der Waals surface area contributed by atoms with Crippen LogP contribution in [0.3, 0.4) is 0 Å². The molecule has 2 saturated heterocycles. The van der Waals surface area contributed by atoms with Crippen LogP contribution < -0.4 is 10.6 Å². The second kappa shape index (κ2) is 8.15. The molecular weight excluding hydrogens is 354 g/mol. The molecule has 0 aliphatic carbocycles. The number of fused-ring (bicyclic) bond motifs is 2. The minimum absolute atomic E-state index is 0.380. The maximum absolute atomic E-state index is 5.91. The molecule has 2 aliphatic heterocycles. The van der Waals surface area contributed by atoms with Crippen LogP contribution in [-0.2, 0) is 11.2 Å². The fourth-order valence-electron chi connectivity index (χ4n) is 3.45. The van der Waals surface area contributed by atoms with Gasteiger partial charge in [-0.15, -0.1) is 0 Å². The first-order chi connectivity index (χ1) is 11.2. The van der Waals surface area contributed by atoms with Crippen molar-refractivity contribution in [3.05, 3.63) is 34.3 Å². The van der Waals surface area contributed by atoms with E-state index in [-0.39, 0.29) is 0 Å². The predicted octanol–water partition coefficient (Wildman–Crippen LogP) is 3.26. The van der Waals surface area contributed by atoms with Gasteiger partial charge in [-0.25, -0.2) is 0 Å². The van der Waals surface area contributed by atoms with Crippen molar-refractivity contribution in [1.29, 1.82) is 0 Å². The zero-order valence-electron chi connectivity index (χ0n) is 13.7. The van der Waals surface area contributed by atoms with Crippen molar-refractivity contribution in [3.63, 3.8) is 0 Å². The average Bonchev–Trinajstić information content (AvgIpc) is 3.14. The normalized spacial score (nSPS) is 26.5. The van der Waals surface area contributed by atoms with Crippen molar-refractivity contribution >= 4 is 21.9 Å². The summed E-state index contributed by atoms with van der Waals surface area (Å²) in [6.07, 6.45) is 6.49. The van der Waals surface area contributed by atoms with E-state index in [9.17, 15) is 0 Å². The summed E-state index contributed by atoms with van der Waals surface area (Å²) < 4.78 is 7.05. The summed E-state index contributed by atoms with van der Waals surface area (Å²) >= 11 is 3.52. The molecule has 3 atom stereocenters. The highest BCUT2D eigenvalue weighted by Crippen LogP contribution is 2.34. The summed E-state index contributed by atoms with van der Waals surface area (Å²) in [7, 11) is 0. The lowest BCUT2D eigenvalue weighted by atomic mass is 9.96. The molecule has 0 spiro atoms. The number of halogens is 1. The number of aliphatic imine (C=N–C) groups is 1. The van der Waals surface area contributed by atoms with Gasteiger partial charge in [0.1, 0.15) is 0 Å². The Bertz CT molecular complexity index is 549. The molecule has 2 N–H and O–H groups in total. The van der Waals surface area contributed by atoms with Gasteiger partial charge >= 0.3 is 0 Å². The van der Waals surface area contributed by atoms with Crippen molar-refractivity contribution in [2.24, 2.45) is 4.99 Å². The fourth-order valence-corrected chi connectivity index (χ4v) is 3.90. The highest BCUT2D eigenvalue weighted by atomic mass is 79.9. The van der Waals surface area contributed by atoms with Gasteiger partial charge in [-0.1, -0.05) is 28.1 Å². The van der Waals surface area contributed by atoms with Crippen LogP contribution in [0.5, 0.6) is 0 Å². The third-order valence-corrected chi connectivity index (χ3v) is 5.05.